The van der Waals surface area contributed by atoms with Crippen molar-refractivity contribution in [2.45, 2.75) is 18.9 Å². The molecule has 0 spiro atoms. The molecule has 0 bridgehead atoms. The summed E-state index contributed by atoms with van der Waals surface area (Å²) < 4.78 is 11.3. The van der Waals surface area contributed by atoms with E-state index in [0.29, 0.717) is 36.0 Å². The zero-order valence-electron chi connectivity index (χ0n) is 15.3. The van der Waals surface area contributed by atoms with Crippen molar-refractivity contribution in [3.8, 4) is 17.6 Å². The molecule has 2 heterocycles. The number of ether oxygens (including phenoxy) is 2. The smallest absolute Gasteiger partial charge is 0.279 e. The van der Waals surface area contributed by atoms with Gasteiger partial charge in [-0.05, 0) is 36.4 Å². The summed E-state index contributed by atoms with van der Waals surface area (Å²) in [5.41, 5.74) is 2.01. The van der Waals surface area contributed by atoms with Gasteiger partial charge in [-0.1, -0.05) is 11.6 Å². The van der Waals surface area contributed by atoms with Crippen LogP contribution in [0.15, 0.2) is 36.4 Å². The molecule has 2 aliphatic rings. The van der Waals surface area contributed by atoms with E-state index < -0.39 is 0 Å². The minimum atomic E-state index is -0.127. The van der Waals surface area contributed by atoms with E-state index in [4.69, 9.17) is 21.1 Å². The van der Waals surface area contributed by atoms with E-state index in [9.17, 15) is 10.1 Å². The molecule has 1 unspecified atom stereocenters. The standard InChI is InChI=1S/C21H20ClN3O3/c22-16-5-3-15(12-23)17(11-16)24-21(26)13-25-7-1-2-18(25)14-4-6-19-20(10-14)28-9-8-27-19/h3-6,10-11,18H,1-2,7-9,13H2,(H,24,26)/p+1/t18-/m0/s1. The van der Waals surface area contributed by atoms with Gasteiger partial charge in [-0.25, -0.2) is 0 Å². The zero-order valence-corrected chi connectivity index (χ0v) is 16.1. The van der Waals surface area contributed by atoms with Crippen LogP contribution >= 0.6 is 11.6 Å². The number of carbonyl (C=O) groups excluding carboxylic acids is 1. The van der Waals surface area contributed by atoms with Crippen LogP contribution in [-0.2, 0) is 4.79 Å². The van der Waals surface area contributed by atoms with Crippen molar-refractivity contribution in [1.82, 2.24) is 0 Å². The first kappa shape index (κ1) is 18.6. The van der Waals surface area contributed by atoms with E-state index in [0.717, 1.165) is 36.4 Å². The molecule has 2 N–H and O–H groups in total. The van der Waals surface area contributed by atoms with Crippen LogP contribution in [0.3, 0.4) is 0 Å². The number of nitrogens with one attached hydrogen (secondary N) is 2. The first-order chi connectivity index (χ1) is 13.6. The van der Waals surface area contributed by atoms with Gasteiger partial charge in [0.05, 0.1) is 17.8 Å². The number of carbonyl (C=O) groups is 1. The fraction of sp³-hybridized carbons (Fsp3) is 0.333. The summed E-state index contributed by atoms with van der Waals surface area (Å²) in [6.45, 7) is 2.38. The Labute approximate surface area is 168 Å². The number of rotatable bonds is 4. The number of fused-ring (bicyclic) bond motifs is 1. The van der Waals surface area contributed by atoms with Gasteiger partial charge >= 0.3 is 0 Å². The molecule has 0 saturated carbocycles. The SMILES string of the molecule is N#Cc1ccc(Cl)cc1NC(=O)C[NH+]1CCC[C@H]1c1ccc2c(c1)OCCO2. The van der Waals surface area contributed by atoms with Gasteiger partial charge in [0.15, 0.2) is 18.0 Å². The molecular weight excluding hydrogens is 378 g/mol. The quantitative estimate of drug-likeness (QED) is 0.828. The fourth-order valence-electron chi connectivity index (χ4n) is 3.92. The highest BCUT2D eigenvalue weighted by Gasteiger charge is 2.32. The Morgan fingerprint density at radius 1 is 1.21 bits per heavy atom. The third kappa shape index (κ3) is 3.91. The number of nitrogens with zero attached hydrogens (tertiary/aromatic N) is 1. The Morgan fingerprint density at radius 3 is 2.86 bits per heavy atom. The lowest BCUT2D eigenvalue weighted by atomic mass is 10.0. The molecule has 2 atom stereocenters. The van der Waals surface area contributed by atoms with Crippen molar-refractivity contribution >= 4 is 23.2 Å². The summed E-state index contributed by atoms with van der Waals surface area (Å²) in [6, 6.07) is 13.2. The monoisotopic (exact) mass is 398 g/mol. The van der Waals surface area contributed by atoms with Crippen LogP contribution in [0.1, 0.15) is 30.0 Å². The van der Waals surface area contributed by atoms with Crippen molar-refractivity contribution in [3.63, 3.8) is 0 Å². The predicted octanol–water partition coefficient (Wildman–Crippen LogP) is 2.34. The maximum Gasteiger partial charge on any atom is 0.279 e. The van der Waals surface area contributed by atoms with E-state index in [1.807, 2.05) is 12.1 Å². The van der Waals surface area contributed by atoms with Gasteiger partial charge in [0.2, 0.25) is 0 Å². The summed E-state index contributed by atoms with van der Waals surface area (Å²) in [6.07, 6.45) is 2.07. The lowest BCUT2D eigenvalue weighted by molar-refractivity contribution is -0.910. The van der Waals surface area contributed by atoms with Crippen LogP contribution in [-0.4, -0.2) is 32.2 Å². The molecular formula is C21H21ClN3O3+. The number of hydrogen-bond acceptors (Lipinski definition) is 4. The third-order valence-corrected chi connectivity index (χ3v) is 5.45. The fourth-order valence-corrected chi connectivity index (χ4v) is 4.09. The normalized spacial score (nSPS) is 20.4. The topological polar surface area (TPSA) is 75.8 Å². The first-order valence-corrected chi connectivity index (χ1v) is 9.75. The lowest BCUT2D eigenvalue weighted by Crippen LogP contribution is -3.11. The number of amides is 1. The van der Waals surface area contributed by atoms with Crippen molar-refractivity contribution < 1.29 is 19.2 Å². The van der Waals surface area contributed by atoms with Gasteiger partial charge in [-0.3, -0.25) is 4.79 Å². The van der Waals surface area contributed by atoms with Gasteiger partial charge in [0.25, 0.3) is 5.91 Å². The highest BCUT2D eigenvalue weighted by Crippen LogP contribution is 2.33. The van der Waals surface area contributed by atoms with Gasteiger partial charge < -0.3 is 19.7 Å². The molecule has 1 amide bonds. The molecule has 0 radical (unpaired) electrons. The van der Waals surface area contributed by atoms with Gasteiger partial charge in [-0.2, -0.15) is 5.26 Å². The molecule has 6 nitrogen and oxygen atoms in total. The van der Waals surface area contributed by atoms with Crippen molar-refractivity contribution in [1.29, 1.82) is 5.26 Å². The Balaban J connectivity index is 1.46. The summed E-state index contributed by atoms with van der Waals surface area (Å²) >= 11 is 6.00. The van der Waals surface area contributed by atoms with Gasteiger partial charge in [0.1, 0.15) is 25.3 Å². The summed E-state index contributed by atoms with van der Waals surface area (Å²) in [7, 11) is 0. The van der Waals surface area contributed by atoms with Crippen molar-refractivity contribution in [2.24, 2.45) is 0 Å². The molecule has 144 valence electrons. The molecule has 2 aromatic rings. The number of quaternary nitrogens is 1. The van der Waals surface area contributed by atoms with E-state index in [1.165, 1.54) is 4.90 Å². The molecule has 4 rings (SSSR count). The van der Waals surface area contributed by atoms with Crippen LogP contribution in [0.25, 0.3) is 0 Å². The van der Waals surface area contributed by atoms with Crippen molar-refractivity contribution in [2.75, 3.05) is 31.6 Å². The first-order valence-electron chi connectivity index (χ1n) is 9.37. The predicted molar refractivity (Wildman–Crippen MR) is 105 cm³/mol. The summed E-state index contributed by atoms with van der Waals surface area (Å²) in [5, 5.41) is 12.5. The summed E-state index contributed by atoms with van der Waals surface area (Å²) in [4.78, 5) is 13.8. The number of anilines is 1. The number of benzene rings is 2. The highest BCUT2D eigenvalue weighted by atomic mass is 35.5. The lowest BCUT2D eigenvalue weighted by Gasteiger charge is -2.24. The van der Waals surface area contributed by atoms with Crippen LogP contribution in [0, 0.1) is 11.3 Å². The Kier molecular flexibility index (Phi) is 5.38. The minimum Gasteiger partial charge on any atom is -0.486 e. The van der Waals surface area contributed by atoms with Gasteiger partial charge in [0, 0.05) is 23.4 Å². The molecule has 28 heavy (non-hydrogen) atoms. The van der Waals surface area contributed by atoms with Crippen LogP contribution in [0.4, 0.5) is 5.69 Å². The Hall–Kier alpha value is -2.75. The second kappa shape index (κ2) is 8.09. The van der Waals surface area contributed by atoms with E-state index in [-0.39, 0.29) is 11.9 Å². The highest BCUT2D eigenvalue weighted by molar-refractivity contribution is 6.31. The molecule has 0 aliphatic carbocycles. The number of likely N-dealkylation sites (tertiary alicyclic amines) is 1. The van der Waals surface area contributed by atoms with Crippen molar-refractivity contribution in [3.05, 3.63) is 52.5 Å². The maximum atomic E-state index is 12.6. The maximum absolute atomic E-state index is 12.6. The molecule has 2 aromatic carbocycles. The molecule has 7 heteroatoms. The average Bonchev–Trinajstić information content (AvgIpc) is 3.15. The van der Waals surface area contributed by atoms with Crippen LogP contribution in [0.2, 0.25) is 5.02 Å². The molecule has 0 aromatic heterocycles. The number of nitriles is 1. The zero-order chi connectivity index (χ0) is 19.5. The third-order valence-electron chi connectivity index (χ3n) is 5.22. The second-order valence-corrected chi connectivity index (χ2v) is 7.47. The minimum absolute atomic E-state index is 0.127. The molecule has 2 aliphatic heterocycles. The second-order valence-electron chi connectivity index (χ2n) is 7.03. The summed E-state index contributed by atoms with van der Waals surface area (Å²) in [5.74, 6) is 1.42. The van der Waals surface area contributed by atoms with E-state index in [1.54, 1.807) is 18.2 Å². The molecule has 1 fully saturated rings. The van der Waals surface area contributed by atoms with E-state index >= 15 is 0 Å². The molecule has 1 saturated heterocycles. The number of hydrogen-bond donors (Lipinski definition) is 2. The van der Waals surface area contributed by atoms with Crippen LogP contribution < -0.4 is 19.7 Å². The Morgan fingerprint density at radius 2 is 2.04 bits per heavy atom. The van der Waals surface area contributed by atoms with Gasteiger partial charge in [-0.15, -0.1) is 0 Å². The number of halogens is 1. The van der Waals surface area contributed by atoms with E-state index in [2.05, 4.69) is 17.5 Å². The average molecular weight is 399 g/mol. The largest absolute Gasteiger partial charge is 0.486 e. The van der Waals surface area contributed by atoms with Crippen LogP contribution in [0.5, 0.6) is 11.5 Å². The Bertz CT molecular complexity index is 941.